The second kappa shape index (κ2) is 4.18. The van der Waals surface area contributed by atoms with Gasteiger partial charge in [-0.25, -0.2) is 0 Å². The largest absolute Gasteiger partial charge is 0.392 e. The van der Waals surface area contributed by atoms with Crippen molar-refractivity contribution in [3.8, 4) is 0 Å². The normalized spacial score (nSPS) is 44.6. The Balaban J connectivity index is 2.24. The highest BCUT2D eigenvalue weighted by atomic mass is 16.3. The maximum atomic E-state index is 10.6. The summed E-state index contributed by atoms with van der Waals surface area (Å²) in [5.74, 6) is 1.43. The predicted octanol–water partition coefficient (Wildman–Crippen LogP) is 3.78. The van der Waals surface area contributed by atoms with Crippen LogP contribution in [-0.4, -0.2) is 11.2 Å². The van der Waals surface area contributed by atoms with Crippen molar-refractivity contribution in [2.45, 2.75) is 59.0 Å². The molecule has 2 rings (SSSR count). The van der Waals surface area contributed by atoms with Gasteiger partial charge in [-0.3, -0.25) is 0 Å². The minimum absolute atomic E-state index is 0.147. The van der Waals surface area contributed by atoms with E-state index in [9.17, 15) is 5.11 Å². The minimum atomic E-state index is -0.147. The second-order valence-electron chi connectivity index (χ2n) is 6.58. The van der Waals surface area contributed by atoms with Crippen molar-refractivity contribution in [3.63, 3.8) is 0 Å². The molecule has 0 aliphatic heterocycles. The lowest BCUT2D eigenvalue weighted by atomic mass is 9.54. The molecule has 0 heterocycles. The summed E-state index contributed by atoms with van der Waals surface area (Å²) in [6, 6.07) is 0. The van der Waals surface area contributed by atoms with Crippen molar-refractivity contribution in [2.24, 2.45) is 23.2 Å². The minimum Gasteiger partial charge on any atom is -0.392 e. The summed E-state index contributed by atoms with van der Waals surface area (Å²) in [7, 11) is 0. The van der Waals surface area contributed by atoms with Gasteiger partial charge < -0.3 is 5.11 Å². The summed E-state index contributed by atoms with van der Waals surface area (Å²) in [6.07, 6.45) is 5.99. The molecule has 1 N–H and O–H groups in total. The topological polar surface area (TPSA) is 20.2 Å². The predicted molar refractivity (Wildman–Crippen MR) is 68.2 cm³/mol. The highest BCUT2D eigenvalue weighted by Gasteiger charge is 2.48. The summed E-state index contributed by atoms with van der Waals surface area (Å²) >= 11 is 0. The summed E-state index contributed by atoms with van der Waals surface area (Å²) < 4.78 is 0. The van der Waals surface area contributed by atoms with Crippen LogP contribution in [-0.2, 0) is 0 Å². The van der Waals surface area contributed by atoms with E-state index < -0.39 is 0 Å². The Morgan fingerprint density at radius 1 is 1.38 bits per heavy atom. The van der Waals surface area contributed by atoms with Crippen molar-refractivity contribution >= 4 is 0 Å². The van der Waals surface area contributed by atoms with Gasteiger partial charge in [-0.05, 0) is 49.4 Å². The van der Waals surface area contributed by atoms with Crippen LogP contribution in [0.2, 0.25) is 0 Å². The molecule has 92 valence electrons. The van der Waals surface area contributed by atoms with E-state index in [4.69, 9.17) is 0 Å². The third-order valence-corrected chi connectivity index (χ3v) is 5.12. The Labute approximate surface area is 99.9 Å². The first-order valence-electron chi connectivity index (χ1n) is 6.81. The van der Waals surface area contributed by atoms with E-state index in [1.165, 1.54) is 31.3 Å². The summed E-state index contributed by atoms with van der Waals surface area (Å²) in [5, 5.41) is 10.6. The number of aliphatic hydroxyl groups excluding tert-OH is 1. The zero-order valence-corrected chi connectivity index (χ0v) is 11.0. The van der Waals surface area contributed by atoms with Crippen LogP contribution >= 0.6 is 0 Å². The molecule has 0 aromatic heterocycles. The van der Waals surface area contributed by atoms with Crippen LogP contribution in [0.1, 0.15) is 52.9 Å². The Hall–Kier alpha value is -0.300. The Bertz CT molecular complexity index is 281. The van der Waals surface area contributed by atoms with E-state index in [0.29, 0.717) is 23.2 Å². The van der Waals surface area contributed by atoms with E-state index in [-0.39, 0.29) is 6.10 Å². The van der Waals surface area contributed by atoms with Crippen molar-refractivity contribution < 1.29 is 5.11 Å². The van der Waals surface area contributed by atoms with Gasteiger partial charge in [-0.2, -0.15) is 0 Å². The van der Waals surface area contributed by atoms with Gasteiger partial charge in [0.1, 0.15) is 0 Å². The molecular formula is C15H26O. The summed E-state index contributed by atoms with van der Waals surface area (Å²) in [4.78, 5) is 0. The van der Waals surface area contributed by atoms with Gasteiger partial charge in [0.15, 0.2) is 0 Å². The van der Waals surface area contributed by atoms with Gasteiger partial charge in [0, 0.05) is 5.92 Å². The van der Waals surface area contributed by atoms with Crippen LogP contribution < -0.4 is 0 Å². The lowest BCUT2D eigenvalue weighted by molar-refractivity contribution is -0.0669. The molecule has 16 heavy (non-hydrogen) atoms. The Morgan fingerprint density at radius 3 is 2.69 bits per heavy atom. The van der Waals surface area contributed by atoms with E-state index in [2.05, 4.69) is 27.4 Å². The average Bonchev–Trinajstić information content (AvgIpc) is 2.16. The first kappa shape index (κ1) is 12.2. The molecule has 0 aromatic carbocycles. The molecule has 0 aromatic rings. The molecule has 2 saturated carbocycles. The van der Waals surface area contributed by atoms with Gasteiger partial charge in [0.2, 0.25) is 0 Å². The van der Waals surface area contributed by atoms with Gasteiger partial charge in [-0.1, -0.05) is 32.9 Å². The third kappa shape index (κ3) is 1.84. The molecule has 0 amide bonds. The molecule has 0 bridgehead atoms. The zero-order chi connectivity index (χ0) is 11.9. The van der Waals surface area contributed by atoms with Crippen LogP contribution in [0.25, 0.3) is 0 Å². The van der Waals surface area contributed by atoms with Gasteiger partial charge >= 0.3 is 0 Å². The van der Waals surface area contributed by atoms with Crippen molar-refractivity contribution in [3.05, 3.63) is 12.2 Å². The third-order valence-electron chi connectivity index (χ3n) is 5.12. The van der Waals surface area contributed by atoms with Crippen LogP contribution in [0, 0.1) is 23.2 Å². The lowest BCUT2D eigenvalue weighted by Crippen LogP contribution is -2.48. The fourth-order valence-electron chi connectivity index (χ4n) is 4.10. The lowest BCUT2D eigenvalue weighted by Gasteiger charge is -2.52. The Kier molecular flexibility index (Phi) is 3.18. The Morgan fingerprint density at radius 2 is 2.06 bits per heavy atom. The molecule has 0 radical (unpaired) electrons. The number of hydrogen-bond acceptors (Lipinski definition) is 1. The molecular weight excluding hydrogens is 196 g/mol. The van der Waals surface area contributed by atoms with Crippen LogP contribution in [0.15, 0.2) is 12.2 Å². The van der Waals surface area contributed by atoms with Crippen molar-refractivity contribution in [1.29, 1.82) is 0 Å². The molecule has 0 unspecified atom stereocenters. The van der Waals surface area contributed by atoms with E-state index in [0.717, 1.165) is 6.42 Å². The van der Waals surface area contributed by atoms with Crippen LogP contribution in [0.4, 0.5) is 0 Å². The number of fused-ring (bicyclic) bond motifs is 1. The van der Waals surface area contributed by atoms with E-state index in [1.807, 2.05) is 0 Å². The smallest absolute Gasteiger partial charge is 0.0641 e. The second-order valence-corrected chi connectivity index (χ2v) is 6.58. The first-order chi connectivity index (χ1) is 7.46. The van der Waals surface area contributed by atoms with Gasteiger partial charge in [0.25, 0.3) is 0 Å². The SMILES string of the molecule is C=C1CCC[C@@]2(C)CC[C@@H](C(C)C)[C@H](O)[C@@H]12. The summed E-state index contributed by atoms with van der Waals surface area (Å²) in [5.41, 5.74) is 1.65. The average molecular weight is 222 g/mol. The maximum Gasteiger partial charge on any atom is 0.0641 e. The zero-order valence-electron chi connectivity index (χ0n) is 11.0. The fraction of sp³-hybridized carbons (Fsp3) is 0.867. The monoisotopic (exact) mass is 222 g/mol. The van der Waals surface area contributed by atoms with Gasteiger partial charge in [-0.15, -0.1) is 0 Å². The summed E-state index contributed by atoms with van der Waals surface area (Å²) in [6.45, 7) is 11.1. The van der Waals surface area contributed by atoms with E-state index in [1.54, 1.807) is 0 Å². The van der Waals surface area contributed by atoms with Gasteiger partial charge in [0.05, 0.1) is 6.10 Å². The van der Waals surface area contributed by atoms with Crippen LogP contribution in [0.3, 0.4) is 0 Å². The molecule has 2 aliphatic carbocycles. The number of hydrogen-bond donors (Lipinski definition) is 1. The standard InChI is InChI=1S/C15H26O/c1-10(2)12-7-9-15(4)8-5-6-11(3)13(15)14(12)16/h10,12-14,16H,3,5-9H2,1-2,4H3/t12-,13+,14-,15-/m0/s1. The fourth-order valence-corrected chi connectivity index (χ4v) is 4.10. The highest BCUT2D eigenvalue weighted by Crippen LogP contribution is 2.54. The molecule has 1 heteroatoms. The van der Waals surface area contributed by atoms with E-state index >= 15 is 0 Å². The quantitative estimate of drug-likeness (QED) is 0.669. The molecule has 2 fully saturated rings. The molecule has 1 nitrogen and oxygen atoms in total. The number of aliphatic hydroxyl groups is 1. The van der Waals surface area contributed by atoms with Crippen molar-refractivity contribution in [2.75, 3.05) is 0 Å². The highest BCUT2D eigenvalue weighted by molar-refractivity contribution is 5.15. The maximum absolute atomic E-state index is 10.6. The van der Waals surface area contributed by atoms with Crippen molar-refractivity contribution in [1.82, 2.24) is 0 Å². The molecule has 0 spiro atoms. The molecule has 0 saturated heterocycles. The van der Waals surface area contributed by atoms with Crippen LogP contribution in [0.5, 0.6) is 0 Å². The first-order valence-corrected chi connectivity index (χ1v) is 6.81. The molecule has 2 aliphatic rings. The molecule has 4 atom stereocenters. The number of rotatable bonds is 1.